The molecule has 0 spiro atoms. The summed E-state index contributed by atoms with van der Waals surface area (Å²) in [6, 6.07) is 26.0. The smallest absolute Gasteiger partial charge is 0.248 e. The van der Waals surface area contributed by atoms with Crippen molar-refractivity contribution in [1.29, 1.82) is 0 Å². The van der Waals surface area contributed by atoms with Gasteiger partial charge in [-0.15, -0.1) is 11.1 Å². The van der Waals surface area contributed by atoms with Crippen LogP contribution in [0, 0.1) is 0 Å². The second kappa shape index (κ2) is 8.52. The maximum absolute atomic E-state index is 7.73. The van der Waals surface area contributed by atoms with Gasteiger partial charge < -0.3 is 14.7 Å². The Morgan fingerprint density at radius 1 is 0.517 bits per heavy atom. The van der Waals surface area contributed by atoms with Crippen LogP contribution in [0.1, 0.15) is 0 Å². The molecule has 0 bridgehead atoms. The second-order valence-corrected chi connectivity index (χ2v) is 12.7. The van der Waals surface area contributed by atoms with Gasteiger partial charge in [0.25, 0.3) is 0 Å². The lowest BCUT2D eigenvalue weighted by Crippen LogP contribution is -2.63. The van der Waals surface area contributed by atoms with Crippen molar-refractivity contribution in [2.45, 2.75) is 0 Å². The third-order valence-corrected chi connectivity index (χ3v) is 10.6. The van der Waals surface area contributed by atoms with Gasteiger partial charge in [-0.3, -0.25) is 0 Å². The molecule has 3 rings (SSSR count). The summed E-state index contributed by atoms with van der Waals surface area (Å²) in [5.41, 5.74) is 3.48. The Kier molecular flexibility index (Phi) is 6.25. The normalized spacial score (nSPS) is 11.3. The van der Waals surface area contributed by atoms with Gasteiger partial charge in [0.05, 0.1) is 0 Å². The van der Waals surface area contributed by atoms with E-state index in [1.165, 1.54) is 15.6 Å². The summed E-state index contributed by atoms with van der Waals surface area (Å²) >= 11 is 7.73. The van der Waals surface area contributed by atoms with Gasteiger partial charge in [0.1, 0.15) is 0 Å². The molecule has 0 aliphatic heterocycles. The molecule has 152 valence electrons. The van der Waals surface area contributed by atoms with Crippen LogP contribution in [0.3, 0.4) is 0 Å². The Bertz CT molecular complexity index is 860. The van der Waals surface area contributed by atoms with E-state index in [0.717, 1.165) is 17.1 Å². The first-order chi connectivity index (χ1) is 13.7. The summed E-state index contributed by atoms with van der Waals surface area (Å²) in [6.45, 7) is 0. The van der Waals surface area contributed by atoms with Crippen LogP contribution in [0.15, 0.2) is 72.8 Å². The van der Waals surface area contributed by atoms with Crippen molar-refractivity contribution in [2.75, 3.05) is 57.0 Å². The highest BCUT2D eigenvalue weighted by Gasteiger charge is 2.38. The van der Waals surface area contributed by atoms with Crippen LogP contribution in [-0.2, 0) is 0 Å². The molecule has 0 aliphatic carbocycles. The molecule has 0 unspecified atom stereocenters. The van der Waals surface area contributed by atoms with Crippen molar-refractivity contribution in [3.05, 3.63) is 72.8 Å². The highest BCUT2D eigenvalue weighted by Crippen LogP contribution is 2.20. The van der Waals surface area contributed by atoms with E-state index >= 15 is 0 Å². The molecule has 0 N–H and O–H groups in total. The molecule has 0 saturated heterocycles. The van der Waals surface area contributed by atoms with Gasteiger partial charge in [0, 0.05) is 59.3 Å². The Morgan fingerprint density at radius 2 is 0.793 bits per heavy atom. The summed E-state index contributed by atoms with van der Waals surface area (Å²) in [5, 5.41) is 3.58. The molecule has 0 fully saturated rings. The quantitative estimate of drug-likeness (QED) is 0.342. The maximum atomic E-state index is 7.73. The first kappa shape index (κ1) is 21.3. The molecule has 0 aromatic heterocycles. The predicted molar refractivity (Wildman–Crippen MR) is 133 cm³/mol. The zero-order valence-electron chi connectivity index (χ0n) is 18.1. The fourth-order valence-electron chi connectivity index (χ4n) is 3.50. The van der Waals surface area contributed by atoms with Gasteiger partial charge in [-0.05, 0) is 52.0 Å². The minimum Gasteiger partial charge on any atom is -0.378 e. The number of rotatable bonds is 6. The SMILES string of the molecule is CN(C)c1cccc([Si](Cl)(c2cccc(N(C)C)c2)c2cccc(N(C)C)c2)c1. The van der Waals surface area contributed by atoms with Crippen LogP contribution in [0.2, 0.25) is 0 Å². The zero-order valence-corrected chi connectivity index (χ0v) is 19.9. The number of hydrogen-bond acceptors (Lipinski definition) is 3. The standard InChI is InChI=1S/C24H30ClN3Si/c1-26(2)19-10-7-13-22(16-19)29(25,23-14-8-11-20(17-23)27(3)4)24-15-9-12-21(18-24)28(5)6/h7-18H,1-6H3. The third kappa shape index (κ3) is 4.28. The first-order valence-electron chi connectivity index (χ1n) is 9.76. The lowest BCUT2D eigenvalue weighted by molar-refractivity contribution is 1.13. The van der Waals surface area contributed by atoms with Crippen LogP contribution in [0.4, 0.5) is 17.1 Å². The van der Waals surface area contributed by atoms with Crippen LogP contribution in [0.5, 0.6) is 0 Å². The molecule has 0 aliphatic rings. The van der Waals surface area contributed by atoms with Gasteiger partial charge in [0.15, 0.2) is 0 Å². The Labute approximate surface area is 180 Å². The van der Waals surface area contributed by atoms with Crippen molar-refractivity contribution in [1.82, 2.24) is 0 Å². The van der Waals surface area contributed by atoms with E-state index in [0.29, 0.717) is 0 Å². The molecule has 5 heteroatoms. The molecule has 0 atom stereocenters. The fourth-order valence-corrected chi connectivity index (χ4v) is 7.57. The van der Waals surface area contributed by atoms with E-state index in [4.69, 9.17) is 11.1 Å². The van der Waals surface area contributed by atoms with E-state index in [2.05, 4.69) is 130 Å². The van der Waals surface area contributed by atoms with Gasteiger partial charge >= 0.3 is 0 Å². The van der Waals surface area contributed by atoms with Crippen LogP contribution >= 0.6 is 11.1 Å². The number of halogens is 1. The Hall–Kier alpha value is -2.43. The lowest BCUT2D eigenvalue weighted by Gasteiger charge is -2.29. The first-order valence-corrected chi connectivity index (χ1v) is 12.8. The lowest BCUT2D eigenvalue weighted by atomic mass is 10.3. The highest BCUT2D eigenvalue weighted by molar-refractivity contribution is 7.40. The maximum Gasteiger partial charge on any atom is 0.248 e. The van der Waals surface area contributed by atoms with E-state index < -0.39 is 7.38 Å². The predicted octanol–water partition coefficient (Wildman–Crippen LogP) is 3.09. The molecule has 29 heavy (non-hydrogen) atoms. The minimum absolute atomic E-state index is 1.16. The molecule has 0 amide bonds. The van der Waals surface area contributed by atoms with Gasteiger partial charge in [-0.2, -0.15) is 0 Å². The number of benzene rings is 3. The minimum atomic E-state index is -2.72. The molecular weight excluding hydrogens is 394 g/mol. The second-order valence-electron chi connectivity index (χ2n) is 7.99. The summed E-state index contributed by atoms with van der Waals surface area (Å²) in [4.78, 5) is 6.38. The average molecular weight is 424 g/mol. The number of hydrogen-bond donors (Lipinski definition) is 0. The molecule has 0 saturated carbocycles. The molecule has 3 aromatic rings. The fraction of sp³-hybridized carbons (Fsp3) is 0.250. The van der Waals surface area contributed by atoms with E-state index in [-0.39, 0.29) is 0 Å². The van der Waals surface area contributed by atoms with Crippen molar-refractivity contribution in [3.8, 4) is 0 Å². The summed E-state index contributed by atoms with van der Waals surface area (Å²) in [6.07, 6.45) is 0. The molecule has 0 radical (unpaired) electrons. The summed E-state index contributed by atoms with van der Waals surface area (Å²) in [7, 11) is 9.68. The average Bonchev–Trinajstić information content (AvgIpc) is 2.73. The highest BCUT2D eigenvalue weighted by atomic mass is 35.6. The monoisotopic (exact) mass is 423 g/mol. The van der Waals surface area contributed by atoms with Gasteiger partial charge in [0.2, 0.25) is 7.38 Å². The number of nitrogens with zero attached hydrogens (tertiary/aromatic N) is 3. The molecule has 0 heterocycles. The van der Waals surface area contributed by atoms with Crippen molar-refractivity contribution in [3.63, 3.8) is 0 Å². The van der Waals surface area contributed by atoms with Gasteiger partial charge in [-0.1, -0.05) is 36.4 Å². The Morgan fingerprint density at radius 3 is 1.03 bits per heavy atom. The molecular formula is C24H30ClN3Si. The van der Waals surface area contributed by atoms with E-state index in [9.17, 15) is 0 Å². The van der Waals surface area contributed by atoms with Crippen LogP contribution < -0.4 is 30.3 Å². The summed E-state index contributed by atoms with van der Waals surface area (Å²) in [5.74, 6) is 0. The van der Waals surface area contributed by atoms with Crippen molar-refractivity contribution < 1.29 is 0 Å². The van der Waals surface area contributed by atoms with Crippen LogP contribution in [0.25, 0.3) is 0 Å². The van der Waals surface area contributed by atoms with Crippen molar-refractivity contribution >= 4 is 51.1 Å². The molecule has 3 nitrogen and oxygen atoms in total. The third-order valence-electron chi connectivity index (χ3n) is 5.28. The van der Waals surface area contributed by atoms with E-state index in [1.54, 1.807) is 0 Å². The zero-order chi connectivity index (χ0) is 21.2. The topological polar surface area (TPSA) is 9.72 Å². The van der Waals surface area contributed by atoms with Gasteiger partial charge in [-0.25, -0.2) is 0 Å². The number of anilines is 3. The Balaban J connectivity index is 2.28. The summed E-state index contributed by atoms with van der Waals surface area (Å²) < 4.78 is 0. The largest absolute Gasteiger partial charge is 0.378 e. The molecule has 3 aromatic carbocycles. The van der Waals surface area contributed by atoms with Crippen LogP contribution in [-0.4, -0.2) is 49.7 Å². The van der Waals surface area contributed by atoms with Crippen molar-refractivity contribution in [2.24, 2.45) is 0 Å². The van der Waals surface area contributed by atoms with E-state index in [1.807, 2.05) is 0 Å².